The summed E-state index contributed by atoms with van der Waals surface area (Å²) in [5, 5.41) is 2.14. The zero-order valence-corrected chi connectivity index (χ0v) is 17.3. The first-order valence-corrected chi connectivity index (χ1v) is 10.7. The van der Waals surface area contributed by atoms with Crippen molar-refractivity contribution >= 4 is 22.9 Å². The third-order valence-electron chi connectivity index (χ3n) is 5.04. The van der Waals surface area contributed by atoms with Gasteiger partial charge in [0.1, 0.15) is 5.75 Å². The van der Waals surface area contributed by atoms with Crippen LogP contribution in [0, 0.1) is 0 Å². The highest BCUT2D eigenvalue weighted by atomic mass is 32.1. The molecule has 1 amide bonds. The average Bonchev–Trinajstić information content (AvgIpc) is 3.35. The number of likely N-dealkylation sites (tertiary alicyclic amines) is 1. The zero-order chi connectivity index (χ0) is 20.1. The Bertz CT molecular complexity index is 1020. The minimum absolute atomic E-state index is 0.274. The lowest BCUT2D eigenvalue weighted by atomic mass is 10.1. The first-order valence-electron chi connectivity index (χ1n) is 9.80. The number of benzene rings is 1. The lowest BCUT2D eigenvalue weighted by molar-refractivity contribution is -0.127. The minimum atomic E-state index is 0.274. The van der Waals surface area contributed by atoms with Crippen LogP contribution in [0.5, 0.6) is 5.75 Å². The minimum Gasteiger partial charge on any atom is -0.497 e. The lowest BCUT2D eigenvalue weighted by Crippen LogP contribution is -2.27. The molecule has 1 fully saturated rings. The maximum atomic E-state index is 11.9. The van der Waals surface area contributed by atoms with Crippen LogP contribution >= 0.6 is 11.3 Å². The molecule has 1 aliphatic rings. The molecule has 150 valence electrons. The Labute approximate surface area is 174 Å². The molecule has 3 aromatic rings. The summed E-state index contributed by atoms with van der Waals surface area (Å²) in [6.45, 7) is 2.47. The van der Waals surface area contributed by atoms with E-state index in [-0.39, 0.29) is 5.91 Å². The number of carbonyl (C=O) groups is 1. The van der Waals surface area contributed by atoms with E-state index in [0.29, 0.717) is 6.42 Å². The second-order valence-electron chi connectivity index (χ2n) is 6.94. The van der Waals surface area contributed by atoms with Crippen LogP contribution in [0.3, 0.4) is 0 Å². The molecule has 0 unspecified atom stereocenters. The van der Waals surface area contributed by atoms with Crippen molar-refractivity contribution in [3.05, 3.63) is 59.0 Å². The maximum absolute atomic E-state index is 11.9. The lowest BCUT2D eigenvalue weighted by Gasteiger charge is -2.16. The van der Waals surface area contributed by atoms with Crippen molar-refractivity contribution in [2.45, 2.75) is 25.8 Å². The van der Waals surface area contributed by atoms with E-state index in [0.717, 1.165) is 60.0 Å². The van der Waals surface area contributed by atoms with E-state index >= 15 is 0 Å². The third kappa shape index (κ3) is 4.56. The smallest absolute Gasteiger partial charge is 0.222 e. The highest BCUT2D eigenvalue weighted by Gasteiger charge is 2.19. The van der Waals surface area contributed by atoms with Crippen molar-refractivity contribution in [1.29, 1.82) is 0 Å². The number of amides is 1. The van der Waals surface area contributed by atoms with Gasteiger partial charge in [-0.25, -0.2) is 4.99 Å². The van der Waals surface area contributed by atoms with Crippen LogP contribution in [0.1, 0.15) is 19.3 Å². The van der Waals surface area contributed by atoms with E-state index in [2.05, 4.69) is 27.1 Å². The van der Waals surface area contributed by atoms with Gasteiger partial charge in [-0.3, -0.25) is 9.78 Å². The molecule has 0 aliphatic carbocycles. The molecule has 2 aromatic heterocycles. The quantitative estimate of drug-likeness (QED) is 0.596. The first-order chi connectivity index (χ1) is 14.2. The number of pyridine rings is 1. The number of hydrogen-bond donors (Lipinski definition) is 0. The van der Waals surface area contributed by atoms with Gasteiger partial charge in [-0.1, -0.05) is 0 Å². The third-order valence-corrected chi connectivity index (χ3v) is 5.90. The Hall–Kier alpha value is -2.93. The first kappa shape index (κ1) is 19.4. The van der Waals surface area contributed by atoms with Crippen LogP contribution in [0.15, 0.2) is 59.2 Å². The van der Waals surface area contributed by atoms with Gasteiger partial charge in [-0.05, 0) is 54.8 Å². The average molecular weight is 409 g/mol. The monoisotopic (exact) mass is 408 g/mol. The predicted molar refractivity (Wildman–Crippen MR) is 114 cm³/mol. The van der Waals surface area contributed by atoms with Crippen LogP contribution < -0.4 is 9.54 Å². The molecule has 4 rings (SSSR count). The number of ether oxygens (including phenoxy) is 1. The summed E-state index contributed by atoms with van der Waals surface area (Å²) in [4.78, 5) is 23.8. The number of hydrogen-bond acceptors (Lipinski definition) is 5. The van der Waals surface area contributed by atoms with Crippen molar-refractivity contribution in [2.75, 3.05) is 20.2 Å². The fraction of sp³-hybridized carbons (Fsp3) is 0.318. The fourth-order valence-electron chi connectivity index (χ4n) is 3.52. The summed E-state index contributed by atoms with van der Waals surface area (Å²) in [5.74, 6) is 1.11. The fourth-order valence-corrected chi connectivity index (χ4v) is 4.47. The van der Waals surface area contributed by atoms with Gasteiger partial charge in [0, 0.05) is 37.6 Å². The van der Waals surface area contributed by atoms with Crippen LogP contribution in [0.2, 0.25) is 0 Å². The van der Waals surface area contributed by atoms with Gasteiger partial charge >= 0.3 is 0 Å². The van der Waals surface area contributed by atoms with Crippen molar-refractivity contribution in [3.8, 4) is 17.0 Å². The number of rotatable bonds is 7. The molecule has 0 atom stereocenters. The Morgan fingerprint density at radius 2 is 2.07 bits per heavy atom. The molecule has 0 radical (unpaired) electrons. The maximum Gasteiger partial charge on any atom is 0.222 e. The summed E-state index contributed by atoms with van der Waals surface area (Å²) in [6.07, 6.45) is 6.07. The van der Waals surface area contributed by atoms with E-state index in [1.54, 1.807) is 30.8 Å². The summed E-state index contributed by atoms with van der Waals surface area (Å²) in [5.41, 5.74) is 3.07. The molecular formula is C22H24N4O2S. The molecule has 6 nitrogen and oxygen atoms in total. The van der Waals surface area contributed by atoms with Crippen molar-refractivity contribution in [2.24, 2.45) is 4.99 Å². The molecule has 1 aromatic carbocycles. The summed E-state index contributed by atoms with van der Waals surface area (Å²) in [7, 11) is 1.67. The van der Waals surface area contributed by atoms with Gasteiger partial charge < -0.3 is 14.2 Å². The summed E-state index contributed by atoms with van der Waals surface area (Å²) in [6, 6.07) is 11.9. The van der Waals surface area contributed by atoms with Crippen molar-refractivity contribution in [3.63, 3.8) is 0 Å². The van der Waals surface area contributed by atoms with Gasteiger partial charge in [0.25, 0.3) is 0 Å². The molecule has 0 bridgehead atoms. The van der Waals surface area contributed by atoms with E-state index in [4.69, 9.17) is 9.73 Å². The molecule has 7 heteroatoms. The van der Waals surface area contributed by atoms with Crippen LogP contribution in [-0.2, 0) is 11.3 Å². The van der Waals surface area contributed by atoms with Gasteiger partial charge in [0.05, 0.1) is 24.7 Å². The van der Waals surface area contributed by atoms with Gasteiger partial charge in [-0.15, -0.1) is 11.3 Å². The van der Waals surface area contributed by atoms with Crippen LogP contribution in [0.25, 0.3) is 11.3 Å². The molecule has 29 heavy (non-hydrogen) atoms. The Morgan fingerprint density at radius 3 is 2.76 bits per heavy atom. The highest BCUT2D eigenvalue weighted by Crippen LogP contribution is 2.24. The van der Waals surface area contributed by atoms with Crippen molar-refractivity contribution in [1.82, 2.24) is 14.5 Å². The molecule has 0 saturated carbocycles. The largest absolute Gasteiger partial charge is 0.497 e. The van der Waals surface area contributed by atoms with E-state index in [9.17, 15) is 4.79 Å². The second kappa shape index (κ2) is 9.05. The highest BCUT2D eigenvalue weighted by molar-refractivity contribution is 7.07. The standard InChI is InChI=1S/C22H24N4O2S/c1-28-19-9-7-17(8-10-19)20-16-29-22(24-18-5-2-11-23-15-18)26(20)14-4-13-25-12-3-6-21(25)27/h2,5,7-11,15-16H,3-4,6,12-14H2,1H3. The number of nitrogens with zero attached hydrogens (tertiary/aromatic N) is 4. The van der Waals surface area contributed by atoms with E-state index in [1.165, 1.54) is 0 Å². The molecule has 0 spiro atoms. The topological polar surface area (TPSA) is 59.7 Å². The molecule has 1 saturated heterocycles. The predicted octanol–water partition coefficient (Wildman–Crippen LogP) is 3.87. The van der Waals surface area contributed by atoms with Crippen LogP contribution in [0.4, 0.5) is 5.69 Å². The number of aromatic nitrogens is 2. The molecule has 0 N–H and O–H groups in total. The van der Waals surface area contributed by atoms with Gasteiger partial charge in [0.2, 0.25) is 5.91 Å². The summed E-state index contributed by atoms with van der Waals surface area (Å²) >= 11 is 1.62. The second-order valence-corrected chi connectivity index (χ2v) is 7.78. The zero-order valence-electron chi connectivity index (χ0n) is 16.5. The molecule has 3 heterocycles. The normalized spacial score (nSPS) is 14.6. The Morgan fingerprint density at radius 1 is 1.21 bits per heavy atom. The molecular weight excluding hydrogens is 384 g/mol. The Kier molecular flexibility index (Phi) is 6.05. The van der Waals surface area contributed by atoms with Gasteiger partial charge in [-0.2, -0.15) is 0 Å². The van der Waals surface area contributed by atoms with E-state index in [1.807, 2.05) is 29.2 Å². The number of carbonyl (C=O) groups excluding carboxylic acids is 1. The van der Waals surface area contributed by atoms with Crippen LogP contribution in [-0.4, -0.2) is 40.6 Å². The number of thiazole rings is 1. The van der Waals surface area contributed by atoms with Gasteiger partial charge in [0.15, 0.2) is 4.80 Å². The summed E-state index contributed by atoms with van der Waals surface area (Å²) < 4.78 is 7.52. The van der Waals surface area contributed by atoms with E-state index < -0.39 is 0 Å². The SMILES string of the molecule is COc1ccc(-c2csc(=Nc3cccnc3)n2CCCN2CCCC2=O)cc1. The number of methoxy groups -OCH3 is 1. The molecule has 1 aliphatic heterocycles. The Balaban J connectivity index is 1.63. The van der Waals surface area contributed by atoms with Crippen molar-refractivity contribution < 1.29 is 9.53 Å².